The fraction of sp³-hybridized carbons (Fsp3) is 1.00. The van der Waals surface area contributed by atoms with Crippen LogP contribution < -0.4 is 5.32 Å². The summed E-state index contributed by atoms with van der Waals surface area (Å²) >= 11 is 0. The minimum atomic E-state index is 0.801. The van der Waals surface area contributed by atoms with Crippen molar-refractivity contribution in [1.82, 2.24) is 5.32 Å². The summed E-state index contributed by atoms with van der Waals surface area (Å²) in [6.45, 7) is 1.16. The maximum atomic E-state index is 4.50. The molecule has 1 heteroatoms. The molecule has 0 aromatic carbocycles. The molecule has 0 N–H and O–H groups in total. The Bertz CT molecular complexity index is 70.4. The van der Waals surface area contributed by atoms with Gasteiger partial charge in [0.25, 0.3) is 0 Å². The van der Waals surface area contributed by atoms with E-state index >= 15 is 0 Å². The van der Waals surface area contributed by atoms with E-state index in [9.17, 15) is 0 Å². The van der Waals surface area contributed by atoms with Crippen molar-refractivity contribution in [3.63, 3.8) is 0 Å². The molecule has 1 saturated heterocycles. The van der Waals surface area contributed by atoms with Gasteiger partial charge in [-0.25, -0.2) is 5.32 Å². The number of rotatable bonds is 0. The van der Waals surface area contributed by atoms with Gasteiger partial charge >= 0.3 is 0 Å². The van der Waals surface area contributed by atoms with Gasteiger partial charge in [0, 0.05) is 12.6 Å². The van der Waals surface area contributed by atoms with Gasteiger partial charge in [0.1, 0.15) is 0 Å². The van der Waals surface area contributed by atoms with Gasteiger partial charge in [-0.15, -0.1) is 0 Å². The van der Waals surface area contributed by atoms with E-state index in [-0.39, 0.29) is 0 Å². The summed E-state index contributed by atoms with van der Waals surface area (Å²) in [4.78, 5) is 0. The summed E-state index contributed by atoms with van der Waals surface area (Å²) in [6.07, 6.45) is 5.70. The van der Waals surface area contributed by atoms with Crippen LogP contribution in [0.3, 0.4) is 0 Å². The van der Waals surface area contributed by atoms with Crippen molar-refractivity contribution in [3.05, 3.63) is 0 Å². The highest BCUT2D eigenvalue weighted by atomic mass is 15.0. The van der Waals surface area contributed by atoms with E-state index < -0.39 is 0 Å². The first kappa shape index (κ1) is 4.80. The minimum Gasteiger partial charge on any atom is -0.238 e. The minimum absolute atomic E-state index is 0.801. The molecule has 2 rings (SSSR count). The van der Waals surface area contributed by atoms with E-state index in [0.29, 0.717) is 0 Å². The summed E-state index contributed by atoms with van der Waals surface area (Å²) < 4.78 is 0. The average molecular weight is 110 g/mol. The summed E-state index contributed by atoms with van der Waals surface area (Å²) in [5.41, 5.74) is 0. The predicted octanol–water partition coefficient (Wildman–Crippen LogP) is 1.16. The van der Waals surface area contributed by atoms with E-state index in [4.69, 9.17) is 0 Å². The second-order valence-corrected chi connectivity index (χ2v) is 2.95. The Labute approximate surface area is 50.5 Å². The number of fused-ring (bicyclic) bond motifs is 1. The largest absolute Gasteiger partial charge is 0.238 e. The first-order valence-corrected chi connectivity index (χ1v) is 3.63. The van der Waals surface area contributed by atoms with Crippen molar-refractivity contribution in [2.24, 2.45) is 5.92 Å². The zero-order valence-electron chi connectivity index (χ0n) is 5.14. The molecular formula is C7H12N. The lowest BCUT2D eigenvalue weighted by atomic mass is 10.1. The van der Waals surface area contributed by atoms with E-state index in [1.165, 1.54) is 25.7 Å². The summed E-state index contributed by atoms with van der Waals surface area (Å²) in [5, 5.41) is 4.50. The molecule has 1 heterocycles. The fourth-order valence-electron chi connectivity index (χ4n) is 2.00. The SMILES string of the molecule is C1C[C@@H]2CC[N][C@@H]2C1. The van der Waals surface area contributed by atoms with Crippen molar-refractivity contribution in [2.45, 2.75) is 31.7 Å². The fourth-order valence-corrected chi connectivity index (χ4v) is 2.00. The molecular weight excluding hydrogens is 98.1 g/mol. The van der Waals surface area contributed by atoms with Crippen molar-refractivity contribution in [3.8, 4) is 0 Å². The second-order valence-electron chi connectivity index (χ2n) is 2.95. The Morgan fingerprint density at radius 2 is 2.12 bits per heavy atom. The quantitative estimate of drug-likeness (QED) is 0.444. The molecule has 0 bridgehead atoms. The Morgan fingerprint density at radius 1 is 1.12 bits per heavy atom. The molecule has 0 unspecified atom stereocenters. The van der Waals surface area contributed by atoms with Crippen LogP contribution in [-0.2, 0) is 0 Å². The molecule has 1 saturated carbocycles. The molecule has 1 radical (unpaired) electrons. The second kappa shape index (κ2) is 1.73. The first-order valence-electron chi connectivity index (χ1n) is 3.63. The Morgan fingerprint density at radius 3 is 3.00 bits per heavy atom. The zero-order chi connectivity index (χ0) is 5.40. The van der Waals surface area contributed by atoms with Gasteiger partial charge in [0.15, 0.2) is 0 Å². The molecule has 0 spiro atoms. The molecule has 0 amide bonds. The van der Waals surface area contributed by atoms with Crippen LogP contribution in [0.5, 0.6) is 0 Å². The number of hydrogen-bond donors (Lipinski definition) is 0. The molecule has 1 aliphatic heterocycles. The van der Waals surface area contributed by atoms with Gasteiger partial charge < -0.3 is 0 Å². The van der Waals surface area contributed by atoms with Gasteiger partial charge in [-0.05, 0) is 25.2 Å². The lowest BCUT2D eigenvalue weighted by Gasteiger charge is -2.03. The van der Waals surface area contributed by atoms with Crippen molar-refractivity contribution in [2.75, 3.05) is 6.54 Å². The summed E-state index contributed by atoms with van der Waals surface area (Å²) in [7, 11) is 0. The van der Waals surface area contributed by atoms with Crippen LogP contribution in [0.4, 0.5) is 0 Å². The first-order chi connectivity index (χ1) is 3.97. The number of nitrogens with zero attached hydrogens (tertiary/aromatic N) is 1. The lowest BCUT2D eigenvalue weighted by molar-refractivity contribution is 0.514. The van der Waals surface area contributed by atoms with Gasteiger partial charge in [-0.3, -0.25) is 0 Å². The third-order valence-electron chi connectivity index (χ3n) is 2.48. The molecule has 1 aliphatic carbocycles. The van der Waals surface area contributed by atoms with Crippen LogP contribution in [0.15, 0.2) is 0 Å². The van der Waals surface area contributed by atoms with Crippen LogP contribution >= 0.6 is 0 Å². The van der Waals surface area contributed by atoms with Gasteiger partial charge in [-0.2, -0.15) is 0 Å². The van der Waals surface area contributed by atoms with Crippen LogP contribution in [-0.4, -0.2) is 12.6 Å². The maximum absolute atomic E-state index is 4.50. The van der Waals surface area contributed by atoms with E-state index in [1.807, 2.05) is 0 Å². The van der Waals surface area contributed by atoms with Crippen molar-refractivity contribution in [1.29, 1.82) is 0 Å². The normalized spacial score (nSPS) is 45.0. The van der Waals surface area contributed by atoms with Crippen LogP contribution in [0.25, 0.3) is 0 Å². The molecule has 0 aromatic rings. The van der Waals surface area contributed by atoms with Crippen LogP contribution in [0.1, 0.15) is 25.7 Å². The topological polar surface area (TPSA) is 14.1 Å². The molecule has 1 nitrogen and oxygen atoms in total. The van der Waals surface area contributed by atoms with E-state index in [2.05, 4.69) is 5.32 Å². The van der Waals surface area contributed by atoms with Crippen molar-refractivity contribution >= 4 is 0 Å². The highest BCUT2D eigenvalue weighted by Gasteiger charge is 2.31. The number of hydrogen-bond acceptors (Lipinski definition) is 0. The highest BCUT2D eigenvalue weighted by molar-refractivity contribution is 4.87. The third-order valence-corrected chi connectivity index (χ3v) is 2.48. The Hall–Kier alpha value is -0.0400. The van der Waals surface area contributed by atoms with Gasteiger partial charge in [0.05, 0.1) is 0 Å². The Kier molecular flexibility index (Phi) is 1.04. The zero-order valence-corrected chi connectivity index (χ0v) is 5.14. The molecule has 45 valence electrons. The van der Waals surface area contributed by atoms with Crippen molar-refractivity contribution < 1.29 is 0 Å². The molecule has 2 fully saturated rings. The maximum Gasteiger partial charge on any atom is 0.0274 e. The van der Waals surface area contributed by atoms with Crippen LogP contribution in [0, 0.1) is 5.92 Å². The van der Waals surface area contributed by atoms with Gasteiger partial charge in [0.2, 0.25) is 0 Å². The predicted molar refractivity (Wildman–Crippen MR) is 32.7 cm³/mol. The molecule has 8 heavy (non-hydrogen) atoms. The lowest BCUT2D eigenvalue weighted by Crippen LogP contribution is -2.14. The Balaban J connectivity index is 2.04. The summed E-state index contributed by atoms with van der Waals surface area (Å²) in [6, 6.07) is 0.801. The van der Waals surface area contributed by atoms with Crippen LogP contribution in [0.2, 0.25) is 0 Å². The smallest absolute Gasteiger partial charge is 0.0274 e. The average Bonchev–Trinajstić information content (AvgIpc) is 2.15. The monoisotopic (exact) mass is 110 g/mol. The molecule has 0 aromatic heterocycles. The molecule has 2 aliphatic rings. The molecule has 2 atom stereocenters. The highest BCUT2D eigenvalue weighted by Crippen LogP contribution is 2.32. The van der Waals surface area contributed by atoms with Gasteiger partial charge in [-0.1, -0.05) is 6.42 Å². The summed E-state index contributed by atoms with van der Waals surface area (Å²) in [5.74, 6) is 1.01. The standard InChI is InChI=1S/C7H12N/c1-2-6-4-5-8-7(6)3-1/h6-7H,1-5H2/t6-,7-/m1/s1. The van der Waals surface area contributed by atoms with E-state index in [1.54, 1.807) is 0 Å². The third kappa shape index (κ3) is 0.576. The van der Waals surface area contributed by atoms with E-state index in [0.717, 1.165) is 18.5 Å².